The topological polar surface area (TPSA) is 53.4 Å². The molecule has 5 heteroatoms. The third-order valence-electron chi connectivity index (χ3n) is 4.36. The molecule has 2 bridgehead atoms. The molecule has 0 amide bonds. The summed E-state index contributed by atoms with van der Waals surface area (Å²) >= 11 is 3.42. The fourth-order valence-corrected chi connectivity index (χ4v) is 3.80. The largest absolute Gasteiger partial charge is 0.478 e. The number of benzene rings is 1. The number of hydrogen-bond donors (Lipinski definition) is 1. The highest BCUT2D eigenvalue weighted by molar-refractivity contribution is 9.10. The fraction of sp³-hybridized carbons (Fsp3) is 0.333. The van der Waals surface area contributed by atoms with E-state index in [9.17, 15) is 9.90 Å². The molecule has 5 rings (SSSR count). The van der Waals surface area contributed by atoms with E-state index < -0.39 is 5.97 Å². The first kappa shape index (κ1) is 12.1. The molecule has 0 atom stereocenters. The highest BCUT2D eigenvalue weighted by atomic mass is 79.9. The van der Waals surface area contributed by atoms with Gasteiger partial charge in [0.15, 0.2) is 0 Å². The number of piperidine rings is 1. The summed E-state index contributed by atoms with van der Waals surface area (Å²) in [6.45, 7) is 1.89. The number of halogens is 1. The maximum absolute atomic E-state index is 11.8. The number of nitrogens with zero attached hydrogens (tertiary/aromatic N) is 2. The van der Waals surface area contributed by atoms with Crippen molar-refractivity contribution in [2.75, 3.05) is 18.0 Å². The number of hydrogen-bond acceptors (Lipinski definition) is 3. The molecule has 4 heterocycles. The lowest BCUT2D eigenvalue weighted by Crippen LogP contribution is -2.40. The molecule has 1 aromatic carbocycles. The number of rotatable bonds is 1. The summed E-state index contributed by atoms with van der Waals surface area (Å²) in [4.78, 5) is 18.7. The normalized spacial score (nSPS) is 17.6. The zero-order valence-electron chi connectivity index (χ0n) is 10.8. The number of carbonyl (C=O) groups is 1. The van der Waals surface area contributed by atoms with Crippen LogP contribution < -0.4 is 4.90 Å². The maximum Gasteiger partial charge on any atom is 0.338 e. The molecule has 1 aromatic heterocycles. The Labute approximate surface area is 124 Å². The van der Waals surface area contributed by atoms with Crippen LogP contribution in [0.3, 0.4) is 0 Å². The molecule has 1 saturated heterocycles. The van der Waals surface area contributed by atoms with E-state index in [0.717, 1.165) is 52.7 Å². The van der Waals surface area contributed by atoms with E-state index in [4.69, 9.17) is 4.98 Å². The third kappa shape index (κ3) is 1.59. The maximum atomic E-state index is 11.8. The van der Waals surface area contributed by atoms with Crippen LogP contribution in [-0.4, -0.2) is 29.1 Å². The van der Waals surface area contributed by atoms with Crippen molar-refractivity contribution in [2.24, 2.45) is 0 Å². The quantitative estimate of drug-likeness (QED) is 0.869. The first-order valence-electron chi connectivity index (χ1n) is 6.76. The van der Waals surface area contributed by atoms with Crippen LogP contribution in [0, 0.1) is 0 Å². The predicted octanol–water partition coefficient (Wildman–Crippen LogP) is 3.39. The van der Waals surface area contributed by atoms with E-state index in [1.807, 2.05) is 18.2 Å². The molecule has 4 nitrogen and oxygen atoms in total. The zero-order chi connectivity index (χ0) is 13.9. The second-order valence-corrected chi connectivity index (χ2v) is 6.36. The number of aromatic nitrogens is 1. The van der Waals surface area contributed by atoms with Gasteiger partial charge in [0.05, 0.1) is 22.5 Å². The van der Waals surface area contributed by atoms with Gasteiger partial charge >= 0.3 is 5.97 Å². The fourth-order valence-electron chi connectivity index (χ4n) is 3.44. The molecule has 3 aliphatic rings. The molecule has 3 aliphatic heterocycles. The number of pyridine rings is 1. The summed E-state index contributed by atoms with van der Waals surface area (Å²) in [5, 5.41) is 10.4. The van der Waals surface area contributed by atoms with E-state index in [1.165, 1.54) is 0 Å². The summed E-state index contributed by atoms with van der Waals surface area (Å²) < 4.78 is 0.880. The number of carboxylic acids is 1. The molecule has 0 unspecified atom stereocenters. The zero-order valence-corrected chi connectivity index (χ0v) is 12.4. The van der Waals surface area contributed by atoms with E-state index >= 15 is 0 Å². The lowest BCUT2D eigenvalue weighted by atomic mass is 9.84. The minimum absolute atomic E-state index is 0.413. The summed E-state index contributed by atoms with van der Waals surface area (Å²) in [5.41, 5.74) is 3.02. The van der Waals surface area contributed by atoms with Crippen molar-refractivity contribution in [3.8, 4) is 0 Å². The van der Waals surface area contributed by atoms with Gasteiger partial charge in [-0.1, -0.05) is 15.9 Å². The minimum atomic E-state index is -0.862. The van der Waals surface area contributed by atoms with Gasteiger partial charge in [-0.3, -0.25) is 4.98 Å². The number of aromatic carboxylic acids is 1. The smallest absolute Gasteiger partial charge is 0.338 e. The minimum Gasteiger partial charge on any atom is -0.478 e. The Morgan fingerprint density at radius 1 is 1.35 bits per heavy atom. The number of anilines is 1. The van der Waals surface area contributed by atoms with Crippen molar-refractivity contribution in [1.82, 2.24) is 4.98 Å². The van der Waals surface area contributed by atoms with Crippen LogP contribution in [0.25, 0.3) is 10.9 Å². The molecular formula is C15H13BrN2O2. The van der Waals surface area contributed by atoms with Crippen LogP contribution in [0.4, 0.5) is 5.69 Å². The highest BCUT2D eigenvalue weighted by Gasteiger charge is 2.36. The van der Waals surface area contributed by atoms with Crippen molar-refractivity contribution >= 4 is 38.5 Å². The molecule has 1 N–H and O–H groups in total. The summed E-state index contributed by atoms with van der Waals surface area (Å²) in [6, 6.07) is 5.66. The van der Waals surface area contributed by atoms with Crippen molar-refractivity contribution in [1.29, 1.82) is 0 Å². The summed E-state index contributed by atoms with van der Waals surface area (Å²) in [6.07, 6.45) is 2.17. The predicted molar refractivity (Wildman–Crippen MR) is 80.6 cm³/mol. The number of carboxylic acid groups (broad SMARTS) is 1. The standard InChI is InChI=1S/C15H13BrN2O2/c16-9-1-2-11-10(7-9)12(15(19)20)14-13(17-11)8-3-5-18(14)6-4-8/h1-2,7-8H,3-6H2,(H,19,20). The van der Waals surface area contributed by atoms with Crippen LogP contribution in [0.1, 0.15) is 34.8 Å². The van der Waals surface area contributed by atoms with E-state index in [-0.39, 0.29) is 0 Å². The summed E-state index contributed by atoms with van der Waals surface area (Å²) in [5.74, 6) is -0.444. The van der Waals surface area contributed by atoms with Gasteiger partial charge in [0, 0.05) is 28.9 Å². The Balaban J connectivity index is 2.13. The average molecular weight is 333 g/mol. The van der Waals surface area contributed by atoms with Crippen molar-refractivity contribution < 1.29 is 9.90 Å². The molecule has 0 spiro atoms. The molecule has 0 aliphatic carbocycles. The van der Waals surface area contributed by atoms with Crippen molar-refractivity contribution in [2.45, 2.75) is 18.8 Å². The number of fused-ring (bicyclic) bond motifs is 3. The Morgan fingerprint density at radius 2 is 2.10 bits per heavy atom. The molecular weight excluding hydrogens is 320 g/mol. The molecule has 2 aromatic rings. The van der Waals surface area contributed by atoms with Crippen molar-refractivity contribution in [3.63, 3.8) is 0 Å². The first-order valence-corrected chi connectivity index (χ1v) is 7.56. The van der Waals surface area contributed by atoms with E-state index in [0.29, 0.717) is 11.5 Å². The summed E-state index contributed by atoms with van der Waals surface area (Å²) in [7, 11) is 0. The Bertz CT molecular complexity index is 736. The SMILES string of the molecule is O=C(O)c1c2c(nc3ccc(Br)cc13)C1CCN2CC1. The van der Waals surface area contributed by atoms with Gasteiger partial charge in [-0.25, -0.2) is 4.79 Å². The average Bonchev–Trinajstić information content (AvgIpc) is 2.46. The van der Waals surface area contributed by atoms with Gasteiger partial charge in [0.2, 0.25) is 0 Å². The molecule has 0 radical (unpaired) electrons. The second-order valence-electron chi connectivity index (χ2n) is 5.45. The molecule has 1 fully saturated rings. The van der Waals surface area contributed by atoms with Gasteiger partial charge in [0.1, 0.15) is 0 Å². The van der Waals surface area contributed by atoms with Gasteiger partial charge in [-0.15, -0.1) is 0 Å². The van der Waals surface area contributed by atoms with E-state index in [1.54, 1.807) is 0 Å². The van der Waals surface area contributed by atoms with E-state index in [2.05, 4.69) is 20.8 Å². The third-order valence-corrected chi connectivity index (χ3v) is 4.85. The van der Waals surface area contributed by atoms with Crippen LogP contribution in [-0.2, 0) is 0 Å². The van der Waals surface area contributed by atoms with Gasteiger partial charge < -0.3 is 10.0 Å². The first-order chi connectivity index (χ1) is 9.65. The van der Waals surface area contributed by atoms with Gasteiger partial charge in [0.25, 0.3) is 0 Å². The Hall–Kier alpha value is -1.62. The molecule has 20 heavy (non-hydrogen) atoms. The van der Waals surface area contributed by atoms with Gasteiger partial charge in [-0.2, -0.15) is 0 Å². The highest BCUT2D eigenvalue weighted by Crippen LogP contribution is 2.45. The monoisotopic (exact) mass is 332 g/mol. The van der Waals surface area contributed by atoms with Crippen LogP contribution in [0.5, 0.6) is 0 Å². The Kier molecular flexibility index (Phi) is 2.54. The van der Waals surface area contributed by atoms with Gasteiger partial charge in [-0.05, 0) is 31.0 Å². The van der Waals surface area contributed by atoms with Crippen LogP contribution in [0.15, 0.2) is 22.7 Å². The molecule has 102 valence electrons. The second kappa shape index (κ2) is 4.19. The molecule has 0 saturated carbocycles. The lowest BCUT2D eigenvalue weighted by molar-refractivity contribution is 0.0699. The van der Waals surface area contributed by atoms with Crippen molar-refractivity contribution in [3.05, 3.63) is 33.9 Å². The Morgan fingerprint density at radius 3 is 2.80 bits per heavy atom. The lowest BCUT2D eigenvalue weighted by Gasteiger charge is -2.42. The van der Waals surface area contributed by atoms with Crippen LogP contribution in [0.2, 0.25) is 0 Å². The van der Waals surface area contributed by atoms with Crippen LogP contribution >= 0.6 is 15.9 Å².